The number of amides is 1. The van der Waals surface area contributed by atoms with E-state index in [1.54, 1.807) is 12.1 Å². The number of aromatic amines is 1. The van der Waals surface area contributed by atoms with Gasteiger partial charge < -0.3 is 10.4 Å². The van der Waals surface area contributed by atoms with E-state index in [1.165, 1.54) is 18.2 Å². The van der Waals surface area contributed by atoms with Gasteiger partial charge in [0, 0.05) is 6.07 Å². The quantitative estimate of drug-likeness (QED) is 0.401. The van der Waals surface area contributed by atoms with Crippen molar-refractivity contribution in [3.05, 3.63) is 112 Å². The Labute approximate surface area is 188 Å². The number of halogens is 1. The summed E-state index contributed by atoms with van der Waals surface area (Å²) < 4.78 is 14.5. The van der Waals surface area contributed by atoms with Crippen LogP contribution in [0.2, 0.25) is 0 Å². The number of nitrogens with one attached hydrogen (secondary N) is 2. The van der Waals surface area contributed by atoms with Gasteiger partial charge in [-0.25, -0.2) is 9.07 Å². The van der Waals surface area contributed by atoms with Crippen molar-refractivity contribution in [2.24, 2.45) is 0 Å². The van der Waals surface area contributed by atoms with Crippen molar-refractivity contribution in [1.29, 1.82) is 0 Å². The van der Waals surface area contributed by atoms with Gasteiger partial charge in [0.1, 0.15) is 11.5 Å². The summed E-state index contributed by atoms with van der Waals surface area (Å²) in [6.45, 7) is 0. The first-order chi connectivity index (χ1) is 15.9. The number of carboxylic acid groups (broad SMARTS) is 1. The lowest BCUT2D eigenvalue weighted by Crippen LogP contribution is -2.30. The average Bonchev–Trinajstić information content (AvgIpc) is 3.21. The molecule has 4 rings (SSSR count). The molecule has 0 spiro atoms. The van der Waals surface area contributed by atoms with Gasteiger partial charge in [-0.2, -0.15) is 0 Å². The molecule has 0 saturated heterocycles. The molecule has 1 amide bonds. The van der Waals surface area contributed by atoms with Crippen LogP contribution >= 0.6 is 0 Å². The van der Waals surface area contributed by atoms with Crippen molar-refractivity contribution in [3.8, 4) is 16.8 Å². The first-order valence-corrected chi connectivity index (χ1v) is 10.2. The fourth-order valence-electron chi connectivity index (χ4n) is 3.52. The standard InChI is InChI=1S/C25H20FN3O4/c26-19-7-4-8-20(13-19)29-23(30)14-22(28-29)25(33)27-21(15-24(31)32)18-11-9-17(10-12-18)16-5-2-1-3-6-16/h1-14,21,28H,15H2,(H,27,33)(H,31,32). The fourth-order valence-corrected chi connectivity index (χ4v) is 3.52. The Morgan fingerprint density at radius 1 is 0.939 bits per heavy atom. The van der Waals surface area contributed by atoms with Crippen LogP contribution in [0.1, 0.15) is 28.5 Å². The lowest BCUT2D eigenvalue weighted by atomic mass is 9.99. The molecule has 0 radical (unpaired) electrons. The molecule has 0 aliphatic heterocycles. The lowest BCUT2D eigenvalue weighted by Gasteiger charge is -2.17. The molecule has 1 heterocycles. The molecular formula is C25H20FN3O4. The summed E-state index contributed by atoms with van der Waals surface area (Å²) in [5.74, 6) is -2.26. The monoisotopic (exact) mass is 445 g/mol. The number of hydrogen-bond donors (Lipinski definition) is 3. The van der Waals surface area contributed by atoms with Gasteiger partial charge in [-0.05, 0) is 34.9 Å². The minimum Gasteiger partial charge on any atom is -0.481 e. The summed E-state index contributed by atoms with van der Waals surface area (Å²) in [4.78, 5) is 36.5. The Hall–Kier alpha value is -4.46. The Morgan fingerprint density at radius 3 is 2.30 bits per heavy atom. The fraction of sp³-hybridized carbons (Fsp3) is 0.0800. The zero-order chi connectivity index (χ0) is 23.4. The van der Waals surface area contributed by atoms with Gasteiger partial charge in [0.25, 0.3) is 11.5 Å². The largest absolute Gasteiger partial charge is 0.481 e. The second-order valence-electron chi connectivity index (χ2n) is 7.44. The second kappa shape index (κ2) is 9.35. The summed E-state index contributed by atoms with van der Waals surface area (Å²) in [6.07, 6.45) is -0.342. The molecule has 7 nitrogen and oxygen atoms in total. The zero-order valence-corrected chi connectivity index (χ0v) is 17.4. The SMILES string of the molecule is O=C(O)CC(NC(=O)c1cc(=O)n(-c2cccc(F)c2)[nH]1)c1ccc(-c2ccccc2)cc1. The van der Waals surface area contributed by atoms with Crippen molar-refractivity contribution in [1.82, 2.24) is 15.1 Å². The van der Waals surface area contributed by atoms with Gasteiger partial charge >= 0.3 is 5.97 Å². The van der Waals surface area contributed by atoms with E-state index in [1.807, 2.05) is 42.5 Å². The van der Waals surface area contributed by atoms with E-state index in [2.05, 4.69) is 10.4 Å². The van der Waals surface area contributed by atoms with E-state index in [9.17, 15) is 23.9 Å². The summed E-state index contributed by atoms with van der Waals surface area (Å²) in [7, 11) is 0. The van der Waals surface area contributed by atoms with Crippen LogP contribution in [-0.4, -0.2) is 26.8 Å². The van der Waals surface area contributed by atoms with Crippen molar-refractivity contribution in [2.75, 3.05) is 0 Å². The lowest BCUT2D eigenvalue weighted by molar-refractivity contribution is -0.137. The molecule has 0 aliphatic rings. The van der Waals surface area contributed by atoms with Crippen LogP contribution in [0.25, 0.3) is 16.8 Å². The number of nitrogens with zero attached hydrogens (tertiary/aromatic N) is 1. The van der Waals surface area contributed by atoms with Gasteiger partial charge in [0.05, 0.1) is 18.2 Å². The molecule has 0 bridgehead atoms. The van der Waals surface area contributed by atoms with Crippen LogP contribution in [0.15, 0.2) is 89.7 Å². The minimum absolute atomic E-state index is 0.0689. The maximum Gasteiger partial charge on any atom is 0.305 e. The Balaban J connectivity index is 1.57. The number of hydrogen-bond acceptors (Lipinski definition) is 3. The maximum atomic E-state index is 13.5. The molecule has 1 aromatic heterocycles. The summed E-state index contributed by atoms with van der Waals surface area (Å²) in [5, 5.41) is 14.6. The van der Waals surface area contributed by atoms with Crippen LogP contribution in [0.3, 0.4) is 0 Å². The molecule has 0 aliphatic carbocycles. The maximum absolute atomic E-state index is 13.5. The van der Waals surface area contributed by atoms with Gasteiger partial charge in [0.2, 0.25) is 0 Å². The molecule has 1 atom stereocenters. The molecule has 3 aromatic carbocycles. The number of H-pyrrole nitrogens is 1. The number of carboxylic acids is 1. The average molecular weight is 445 g/mol. The number of carbonyl (C=O) groups excluding carboxylic acids is 1. The van der Waals surface area contributed by atoms with Gasteiger partial charge in [-0.15, -0.1) is 0 Å². The summed E-state index contributed by atoms with van der Waals surface area (Å²) in [5.41, 5.74) is 2.19. The van der Waals surface area contributed by atoms with E-state index in [4.69, 9.17) is 0 Å². The zero-order valence-electron chi connectivity index (χ0n) is 17.4. The molecule has 166 valence electrons. The second-order valence-corrected chi connectivity index (χ2v) is 7.44. The van der Waals surface area contributed by atoms with Gasteiger partial charge in [0.15, 0.2) is 0 Å². The molecule has 1 unspecified atom stereocenters. The van der Waals surface area contributed by atoms with E-state index in [0.29, 0.717) is 5.56 Å². The van der Waals surface area contributed by atoms with E-state index in [-0.39, 0.29) is 17.8 Å². The van der Waals surface area contributed by atoms with Crippen LogP contribution in [0.4, 0.5) is 4.39 Å². The summed E-state index contributed by atoms with van der Waals surface area (Å²) in [6, 6.07) is 22.5. The first-order valence-electron chi connectivity index (χ1n) is 10.2. The smallest absolute Gasteiger partial charge is 0.305 e. The van der Waals surface area contributed by atoms with Crippen molar-refractivity contribution < 1.29 is 19.1 Å². The first kappa shape index (κ1) is 21.8. The highest BCUT2D eigenvalue weighted by atomic mass is 19.1. The topological polar surface area (TPSA) is 104 Å². The van der Waals surface area contributed by atoms with Gasteiger partial charge in [-0.3, -0.25) is 19.5 Å². The number of carbonyl (C=O) groups is 2. The van der Waals surface area contributed by atoms with E-state index >= 15 is 0 Å². The molecule has 0 fully saturated rings. The van der Waals surface area contributed by atoms with Crippen molar-refractivity contribution in [2.45, 2.75) is 12.5 Å². The summed E-state index contributed by atoms with van der Waals surface area (Å²) >= 11 is 0. The van der Waals surface area contributed by atoms with Crippen molar-refractivity contribution >= 4 is 11.9 Å². The third kappa shape index (κ3) is 5.07. The minimum atomic E-state index is -1.08. The van der Waals surface area contributed by atoms with Gasteiger partial charge in [-0.1, -0.05) is 60.7 Å². The van der Waals surface area contributed by atoms with Crippen LogP contribution in [0.5, 0.6) is 0 Å². The highest BCUT2D eigenvalue weighted by molar-refractivity contribution is 5.92. The Morgan fingerprint density at radius 2 is 1.64 bits per heavy atom. The van der Waals surface area contributed by atoms with Crippen LogP contribution < -0.4 is 10.9 Å². The molecular weight excluding hydrogens is 425 g/mol. The van der Waals surface area contributed by atoms with Crippen molar-refractivity contribution in [3.63, 3.8) is 0 Å². The van der Waals surface area contributed by atoms with Crippen LogP contribution in [0, 0.1) is 5.82 Å². The number of benzene rings is 3. The third-order valence-electron chi connectivity index (χ3n) is 5.14. The Kier molecular flexibility index (Phi) is 6.17. The van der Waals surface area contributed by atoms with Crippen LogP contribution in [-0.2, 0) is 4.79 Å². The molecule has 4 aromatic rings. The third-order valence-corrected chi connectivity index (χ3v) is 5.14. The number of aliphatic carboxylic acids is 1. The molecule has 0 saturated carbocycles. The Bertz CT molecular complexity index is 1340. The normalized spacial score (nSPS) is 11.7. The highest BCUT2D eigenvalue weighted by Crippen LogP contribution is 2.23. The van der Waals surface area contributed by atoms with E-state index in [0.717, 1.165) is 27.9 Å². The number of aromatic nitrogens is 2. The molecule has 33 heavy (non-hydrogen) atoms. The molecule has 8 heteroatoms. The van der Waals surface area contributed by atoms with E-state index < -0.39 is 29.3 Å². The highest BCUT2D eigenvalue weighted by Gasteiger charge is 2.21. The number of rotatable bonds is 7. The molecule has 3 N–H and O–H groups in total. The predicted octanol–water partition coefficient (Wildman–Crippen LogP) is 3.92. The predicted molar refractivity (Wildman–Crippen MR) is 121 cm³/mol.